The average Bonchev–Trinajstić information content (AvgIpc) is 2.59. The number of amides is 2. The summed E-state index contributed by atoms with van der Waals surface area (Å²) in [6, 6.07) is 5.76. The lowest BCUT2D eigenvalue weighted by atomic mass is 10.2. The zero-order valence-electron chi connectivity index (χ0n) is 9.74. The Morgan fingerprint density at radius 2 is 1.79 bits per heavy atom. The van der Waals surface area contributed by atoms with Gasteiger partial charge >= 0.3 is 5.51 Å². The number of thioether (sulfide) groups is 1. The predicted molar refractivity (Wildman–Crippen MR) is 63.1 cm³/mol. The van der Waals surface area contributed by atoms with Gasteiger partial charge in [0.2, 0.25) is 11.8 Å². The molecule has 0 radical (unpaired) electrons. The van der Waals surface area contributed by atoms with Gasteiger partial charge in [-0.25, -0.2) is 0 Å². The van der Waals surface area contributed by atoms with Crippen LogP contribution in [0, 0.1) is 0 Å². The summed E-state index contributed by atoms with van der Waals surface area (Å²) >= 11 is -0.214. The quantitative estimate of drug-likeness (QED) is 0.634. The van der Waals surface area contributed by atoms with Gasteiger partial charge in [0.25, 0.3) is 0 Å². The number of rotatable bonds is 3. The lowest BCUT2D eigenvalue weighted by Crippen LogP contribution is -2.28. The average molecular weight is 289 g/mol. The summed E-state index contributed by atoms with van der Waals surface area (Å²) in [7, 11) is 0. The number of halogens is 3. The molecule has 1 aliphatic heterocycles. The van der Waals surface area contributed by atoms with Gasteiger partial charge in [-0.05, 0) is 29.5 Å². The fraction of sp³-hybridized carbons (Fsp3) is 0.333. The Bertz CT molecular complexity index is 500. The smallest absolute Gasteiger partial charge is 0.278 e. The molecule has 1 heterocycles. The molecule has 0 unspecified atom stereocenters. The number of likely N-dealkylation sites (tertiary alicyclic amines) is 1. The molecule has 1 aromatic rings. The maximum Gasteiger partial charge on any atom is 0.446 e. The minimum atomic E-state index is -4.35. The van der Waals surface area contributed by atoms with Crippen LogP contribution < -0.4 is 0 Å². The van der Waals surface area contributed by atoms with Crippen LogP contribution in [-0.4, -0.2) is 22.2 Å². The minimum absolute atomic E-state index is 0.0317. The molecule has 1 saturated heterocycles. The van der Waals surface area contributed by atoms with E-state index in [1.165, 1.54) is 18.2 Å². The van der Waals surface area contributed by atoms with E-state index in [4.69, 9.17) is 0 Å². The van der Waals surface area contributed by atoms with Crippen molar-refractivity contribution >= 4 is 23.6 Å². The lowest BCUT2D eigenvalue weighted by molar-refractivity contribution is -0.139. The number of hydrogen-bond acceptors (Lipinski definition) is 3. The molecule has 0 atom stereocenters. The van der Waals surface area contributed by atoms with Gasteiger partial charge in [-0.3, -0.25) is 14.5 Å². The van der Waals surface area contributed by atoms with E-state index in [0.717, 1.165) is 4.90 Å². The van der Waals surface area contributed by atoms with Crippen molar-refractivity contribution in [2.75, 3.05) is 0 Å². The molecule has 0 spiro atoms. The number of benzene rings is 1. The Balaban J connectivity index is 2.11. The maximum atomic E-state index is 12.2. The molecule has 1 aromatic carbocycles. The molecule has 19 heavy (non-hydrogen) atoms. The summed E-state index contributed by atoms with van der Waals surface area (Å²) < 4.78 is 36.7. The van der Waals surface area contributed by atoms with Crippen molar-refractivity contribution in [3.8, 4) is 0 Å². The van der Waals surface area contributed by atoms with Crippen molar-refractivity contribution in [3.05, 3.63) is 29.8 Å². The zero-order valence-corrected chi connectivity index (χ0v) is 10.6. The molecule has 1 aliphatic rings. The van der Waals surface area contributed by atoms with Crippen LogP contribution in [0.5, 0.6) is 0 Å². The molecule has 0 bridgehead atoms. The second-order valence-corrected chi connectivity index (χ2v) is 5.21. The van der Waals surface area contributed by atoms with Gasteiger partial charge in [0.15, 0.2) is 0 Å². The van der Waals surface area contributed by atoms with Crippen molar-refractivity contribution in [3.63, 3.8) is 0 Å². The molecule has 0 aliphatic carbocycles. The third-order valence-electron chi connectivity index (χ3n) is 2.63. The van der Waals surface area contributed by atoms with E-state index < -0.39 is 5.51 Å². The van der Waals surface area contributed by atoms with Gasteiger partial charge in [0, 0.05) is 17.7 Å². The summed E-state index contributed by atoms with van der Waals surface area (Å²) in [6.45, 7) is 0.0317. The summed E-state index contributed by atoms with van der Waals surface area (Å²) in [5.74, 6) is -0.558. The summed E-state index contributed by atoms with van der Waals surface area (Å²) in [4.78, 5) is 24.0. The fourth-order valence-corrected chi connectivity index (χ4v) is 2.45. The highest BCUT2D eigenvalue weighted by atomic mass is 32.2. The third kappa shape index (κ3) is 3.73. The highest BCUT2D eigenvalue weighted by Crippen LogP contribution is 2.37. The molecular weight excluding hydrogens is 279 g/mol. The number of imide groups is 1. The SMILES string of the molecule is O=C1CCC(=O)N1Cc1cccc(SC(F)(F)F)c1. The summed E-state index contributed by atoms with van der Waals surface area (Å²) in [5, 5.41) is 0. The molecular formula is C12H10F3NO2S. The standard InChI is InChI=1S/C12H10F3NO2S/c13-12(14,15)19-9-3-1-2-8(6-9)7-16-10(17)4-5-11(16)18/h1-3,6H,4-5,7H2. The number of hydrogen-bond donors (Lipinski definition) is 0. The van der Waals surface area contributed by atoms with Crippen LogP contribution >= 0.6 is 11.8 Å². The van der Waals surface area contributed by atoms with Gasteiger partial charge in [-0.1, -0.05) is 12.1 Å². The van der Waals surface area contributed by atoms with E-state index in [1.54, 1.807) is 6.07 Å². The number of carbonyl (C=O) groups excluding carboxylic acids is 2. The first kappa shape index (κ1) is 13.9. The minimum Gasteiger partial charge on any atom is -0.278 e. The van der Waals surface area contributed by atoms with E-state index >= 15 is 0 Å². The lowest BCUT2D eigenvalue weighted by Gasteiger charge is -2.14. The van der Waals surface area contributed by atoms with Crippen molar-refractivity contribution < 1.29 is 22.8 Å². The molecule has 102 valence electrons. The predicted octanol–water partition coefficient (Wildman–Crippen LogP) is 2.95. The van der Waals surface area contributed by atoms with Gasteiger partial charge in [-0.15, -0.1) is 0 Å². The number of alkyl halides is 3. The van der Waals surface area contributed by atoms with Gasteiger partial charge in [0.1, 0.15) is 0 Å². The largest absolute Gasteiger partial charge is 0.446 e. The van der Waals surface area contributed by atoms with E-state index in [9.17, 15) is 22.8 Å². The van der Waals surface area contributed by atoms with Gasteiger partial charge in [0.05, 0.1) is 6.54 Å². The topological polar surface area (TPSA) is 37.4 Å². The number of nitrogens with zero attached hydrogens (tertiary/aromatic N) is 1. The van der Waals surface area contributed by atoms with Crippen LogP contribution in [0.1, 0.15) is 18.4 Å². The molecule has 2 amide bonds. The third-order valence-corrected chi connectivity index (χ3v) is 3.35. The molecule has 1 fully saturated rings. The van der Waals surface area contributed by atoms with Crippen LogP contribution in [0.3, 0.4) is 0 Å². The van der Waals surface area contributed by atoms with Crippen LogP contribution in [-0.2, 0) is 16.1 Å². The molecule has 3 nitrogen and oxygen atoms in total. The van der Waals surface area contributed by atoms with E-state index in [1.807, 2.05) is 0 Å². The van der Waals surface area contributed by atoms with Crippen LogP contribution in [0.2, 0.25) is 0 Å². The Morgan fingerprint density at radius 1 is 1.16 bits per heavy atom. The zero-order chi connectivity index (χ0) is 14.0. The molecule has 7 heteroatoms. The van der Waals surface area contributed by atoms with Crippen molar-refractivity contribution in [1.82, 2.24) is 4.90 Å². The van der Waals surface area contributed by atoms with Crippen molar-refractivity contribution in [1.29, 1.82) is 0 Å². The Kier molecular flexibility index (Phi) is 3.84. The van der Waals surface area contributed by atoms with Crippen LogP contribution in [0.4, 0.5) is 13.2 Å². The summed E-state index contributed by atoms with van der Waals surface area (Å²) in [6.07, 6.45) is 0.353. The van der Waals surface area contributed by atoms with E-state index in [0.29, 0.717) is 5.56 Å². The second kappa shape index (κ2) is 5.24. The molecule has 0 saturated carbocycles. The van der Waals surface area contributed by atoms with Crippen LogP contribution in [0.15, 0.2) is 29.2 Å². The fourth-order valence-electron chi connectivity index (χ4n) is 1.82. The Hall–Kier alpha value is -1.50. The Labute approximate surface area is 111 Å². The number of carbonyl (C=O) groups is 2. The first-order chi connectivity index (χ1) is 8.85. The normalized spacial score (nSPS) is 16.3. The Morgan fingerprint density at radius 3 is 2.37 bits per heavy atom. The molecule has 2 rings (SSSR count). The monoisotopic (exact) mass is 289 g/mol. The van der Waals surface area contributed by atoms with Gasteiger partial charge < -0.3 is 0 Å². The van der Waals surface area contributed by atoms with Gasteiger partial charge in [-0.2, -0.15) is 13.2 Å². The first-order valence-corrected chi connectivity index (χ1v) is 6.35. The van der Waals surface area contributed by atoms with Crippen molar-refractivity contribution in [2.24, 2.45) is 0 Å². The van der Waals surface area contributed by atoms with E-state index in [2.05, 4.69) is 0 Å². The molecule has 0 aromatic heterocycles. The highest BCUT2D eigenvalue weighted by Gasteiger charge is 2.30. The van der Waals surface area contributed by atoms with Crippen LogP contribution in [0.25, 0.3) is 0 Å². The summed E-state index contributed by atoms with van der Waals surface area (Å²) in [5.41, 5.74) is -3.84. The first-order valence-electron chi connectivity index (χ1n) is 5.53. The van der Waals surface area contributed by atoms with E-state index in [-0.39, 0.29) is 47.9 Å². The van der Waals surface area contributed by atoms with Crippen molar-refractivity contribution in [2.45, 2.75) is 29.8 Å². The maximum absolute atomic E-state index is 12.2. The highest BCUT2D eigenvalue weighted by molar-refractivity contribution is 8.00. The molecule has 0 N–H and O–H groups in total. The second-order valence-electron chi connectivity index (χ2n) is 4.07.